The van der Waals surface area contributed by atoms with E-state index >= 15 is 0 Å². The van der Waals surface area contributed by atoms with Gasteiger partial charge < -0.3 is 5.32 Å². The van der Waals surface area contributed by atoms with Gasteiger partial charge in [0.2, 0.25) is 0 Å². The lowest BCUT2D eigenvalue weighted by Crippen LogP contribution is -2.28. The number of anilines is 1. The highest BCUT2D eigenvalue weighted by atomic mass is 16.1. The molecule has 6 heteroatoms. The van der Waals surface area contributed by atoms with E-state index in [9.17, 15) is 9.59 Å². The standard InChI is InChI=1S/C12H14N4O2/c1-2-13-12-9(4-3-7-14-12)8-16-11(18)6-5-10(17)15-16/h3-7H,2,8H2,1H3,(H,13,14)(H,15,17). The van der Waals surface area contributed by atoms with Crippen LogP contribution in [0.2, 0.25) is 0 Å². The number of hydrogen-bond donors (Lipinski definition) is 2. The van der Waals surface area contributed by atoms with Crippen molar-refractivity contribution in [3.8, 4) is 0 Å². The molecule has 0 bridgehead atoms. The van der Waals surface area contributed by atoms with Gasteiger partial charge in [-0.1, -0.05) is 6.07 Å². The van der Waals surface area contributed by atoms with E-state index in [1.54, 1.807) is 12.3 Å². The lowest BCUT2D eigenvalue weighted by atomic mass is 10.2. The largest absolute Gasteiger partial charge is 0.370 e. The number of hydrogen-bond acceptors (Lipinski definition) is 4. The number of H-pyrrole nitrogens is 1. The fourth-order valence-electron chi connectivity index (χ4n) is 1.64. The molecule has 2 aromatic rings. The molecule has 2 aromatic heterocycles. The summed E-state index contributed by atoms with van der Waals surface area (Å²) in [5.41, 5.74) is 0.299. The van der Waals surface area contributed by atoms with E-state index in [0.717, 1.165) is 17.9 Å². The Morgan fingerprint density at radius 3 is 2.94 bits per heavy atom. The number of rotatable bonds is 4. The summed E-state index contributed by atoms with van der Waals surface area (Å²) in [6, 6.07) is 6.13. The van der Waals surface area contributed by atoms with E-state index in [-0.39, 0.29) is 17.7 Å². The Hall–Kier alpha value is -2.37. The Morgan fingerprint density at radius 1 is 1.33 bits per heavy atom. The Labute approximate surface area is 103 Å². The molecule has 0 atom stereocenters. The summed E-state index contributed by atoms with van der Waals surface area (Å²) in [5.74, 6) is 0.719. The van der Waals surface area contributed by atoms with Gasteiger partial charge in [-0.15, -0.1) is 0 Å². The number of nitrogens with one attached hydrogen (secondary N) is 2. The number of aromatic nitrogens is 3. The third-order valence-corrected chi connectivity index (χ3v) is 2.45. The smallest absolute Gasteiger partial charge is 0.265 e. The van der Waals surface area contributed by atoms with Crippen molar-refractivity contribution in [2.45, 2.75) is 13.5 Å². The first-order chi connectivity index (χ1) is 8.70. The van der Waals surface area contributed by atoms with Crippen LogP contribution in [-0.4, -0.2) is 21.3 Å². The van der Waals surface area contributed by atoms with Gasteiger partial charge in [0.15, 0.2) is 0 Å². The van der Waals surface area contributed by atoms with Crippen molar-refractivity contribution in [2.75, 3.05) is 11.9 Å². The lowest BCUT2D eigenvalue weighted by Gasteiger charge is -2.10. The molecule has 2 rings (SSSR count). The van der Waals surface area contributed by atoms with Crippen LogP contribution in [0, 0.1) is 0 Å². The van der Waals surface area contributed by atoms with Crippen molar-refractivity contribution in [2.24, 2.45) is 0 Å². The van der Waals surface area contributed by atoms with Crippen molar-refractivity contribution < 1.29 is 0 Å². The van der Waals surface area contributed by atoms with Gasteiger partial charge in [-0.25, -0.2) is 9.67 Å². The normalized spacial score (nSPS) is 10.3. The molecule has 0 spiro atoms. The van der Waals surface area contributed by atoms with Crippen molar-refractivity contribution in [3.05, 3.63) is 56.7 Å². The topological polar surface area (TPSA) is 79.8 Å². The maximum atomic E-state index is 11.6. The van der Waals surface area contributed by atoms with Gasteiger partial charge in [0, 0.05) is 30.4 Å². The molecular weight excluding hydrogens is 232 g/mol. The van der Waals surface area contributed by atoms with E-state index in [0.29, 0.717) is 0 Å². The van der Waals surface area contributed by atoms with Crippen LogP contribution in [0.4, 0.5) is 5.82 Å². The van der Waals surface area contributed by atoms with Crippen molar-refractivity contribution >= 4 is 5.82 Å². The fourth-order valence-corrected chi connectivity index (χ4v) is 1.64. The van der Waals surface area contributed by atoms with Crippen molar-refractivity contribution in [1.82, 2.24) is 14.8 Å². The molecule has 0 fully saturated rings. The zero-order valence-corrected chi connectivity index (χ0v) is 10.0. The highest BCUT2D eigenvalue weighted by Crippen LogP contribution is 2.11. The third-order valence-electron chi connectivity index (χ3n) is 2.45. The zero-order valence-electron chi connectivity index (χ0n) is 10.0. The predicted octanol–water partition coefficient (Wildman–Crippen LogP) is 0.412. The molecule has 0 saturated heterocycles. The minimum Gasteiger partial charge on any atom is -0.370 e. The molecule has 2 heterocycles. The van der Waals surface area contributed by atoms with Crippen molar-refractivity contribution in [1.29, 1.82) is 0 Å². The zero-order chi connectivity index (χ0) is 13.0. The Kier molecular flexibility index (Phi) is 3.57. The van der Waals surface area contributed by atoms with Crippen LogP contribution in [0.5, 0.6) is 0 Å². The second-order valence-corrected chi connectivity index (χ2v) is 3.78. The van der Waals surface area contributed by atoms with E-state index in [2.05, 4.69) is 15.4 Å². The van der Waals surface area contributed by atoms with E-state index in [4.69, 9.17) is 0 Å². The van der Waals surface area contributed by atoms with Crippen LogP contribution in [0.15, 0.2) is 40.1 Å². The molecule has 0 saturated carbocycles. The first kappa shape index (κ1) is 12.1. The van der Waals surface area contributed by atoms with Gasteiger partial charge in [-0.3, -0.25) is 14.7 Å². The molecule has 0 aliphatic rings. The maximum Gasteiger partial charge on any atom is 0.265 e. The molecule has 2 N–H and O–H groups in total. The summed E-state index contributed by atoms with van der Waals surface area (Å²) in [6.45, 7) is 2.99. The molecule has 18 heavy (non-hydrogen) atoms. The van der Waals surface area contributed by atoms with Crippen molar-refractivity contribution in [3.63, 3.8) is 0 Å². The van der Waals surface area contributed by atoms with Gasteiger partial charge in [-0.05, 0) is 13.0 Å². The lowest BCUT2D eigenvalue weighted by molar-refractivity contribution is 0.627. The quantitative estimate of drug-likeness (QED) is 0.819. The third kappa shape index (κ3) is 2.65. The number of aromatic amines is 1. The Bertz CT molecular complexity index is 645. The second kappa shape index (κ2) is 5.31. The first-order valence-corrected chi connectivity index (χ1v) is 5.68. The second-order valence-electron chi connectivity index (χ2n) is 3.78. The van der Waals surface area contributed by atoms with E-state index < -0.39 is 0 Å². The molecule has 0 radical (unpaired) electrons. The van der Waals surface area contributed by atoms with Gasteiger partial charge in [0.1, 0.15) is 5.82 Å². The van der Waals surface area contributed by atoms with Gasteiger partial charge >= 0.3 is 0 Å². The first-order valence-electron chi connectivity index (χ1n) is 5.68. The summed E-state index contributed by atoms with van der Waals surface area (Å²) in [6.07, 6.45) is 1.68. The van der Waals surface area contributed by atoms with Crippen LogP contribution < -0.4 is 16.4 Å². The molecular formula is C12H14N4O2. The van der Waals surface area contributed by atoms with E-state index in [1.807, 2.05) is 13.0 Å². The Balaban J connectivity index is 2.36. The predicted molar refractivity (Wildman–Crippen MR) is 68.8 cm³/mol. The number of nitrogens with zero attached hydrogens (tertiary/aromatic N) is 2. The van der Waals surface area contributed by atoms with Gasteiger partial charge in [0.05, 0.1) is 6.54 Å². The van der Waals surface area contributed by atoms with Gasteiger partial charge in [-0.2, -0.15) is 0 Å². The minimum absolute atomic E-state index is 0.249. The maximum absolute atomic E-state index is 11.6. The highest BCUT2D eigenvalue weighted by molar-refractivity contribution is 5.43. The van der Waals surface area contributed by atoms with Crippen LogP contribution in [0.25, 0.3) is 0 Å². The molecule has 94 valence electrons. The van der Waals surface area contributed by atoms with Crippen LogP contribution in [0.1, 0.15) is 12.5 Å². The fraction of sp³-hybridized carbons (Fsp3) is 0.250. The minimum atomic E-state index is -0.302. The molecule has 0 unspecified atom stereocenters. The van der Waals surface area contributed by atoms with Gasteiger partial charge in [0.25, 0.3) is 11.1 Å². The summed E-state index contributed by atoms with van der Waals surface area (Å²) < 4.78 is 1.26. The summed E-state index contributed by atoms with van der Waals surface area (Å²) in [5, 5.41) is 5.60. The molecule has 0 aliphatic heterocycles. The summed E-state index contributed by atoms with van der Waals surface area (Å²) >= 11 is 0. The number of pyridine rings is 1. The van der Waals surface area contributed by atoms with E-state index in [1.165, 1.54) is 16.8 Å². The average molecular weight is 246 g/mol. The van der Waals surface area contributed by atoms with Crippen LogP contribution >= 0.6 is 0 Å². The molecule has 6 nitrogen and oxygen atoms in total. The highest BCUT2D eigenvalue weighted by Gasteiger charge is 2.04. The monoisotopic (exact) mass is 246 g/mol. The molecule has 0 amide bonds. The average Bonchev–Trinajstić information content (AvgIpc) is 2.36. The summed E-state index contributed by atoms with van der Waals surface area (Å²) in [7, 11) is 0. The molecule has 0 aliphatic carbocycles. The van der Waals surface area contributed by atoms with Crippen LogP contribution in [-0.2, 0) is 6.54 Å². The SMILES string of the molecule is CCNc1ncccc1Cn1[nH]c(=O)ccc1=O. The van der Waals surface area contributed by atoms with Crippen LogP contribution in [0.3, 0.4) is 0 Å². The summed E-state index contributed by atoms with van der Waals surface area (Å²) in [4.78, 5) is 27.0. The molecule has 0 aromatic carbocycles. The Morgan fingerprint density at radius 2 is 2.17 bits per heavy atom.